The Kier molecular flexibility index (Phi) is 4.09. The van der Waals surface area contributed by atoms with Gasteiger partial charge in [-0.05, 0) is 24.3 Å². The van der Waals surface area contributed by atoms with Crippen LogP contribution in [-0.2, 0) is 11.0 Å². The van der Waals surface area contributed by atoms with E-state index in [4.69, 9.17) is 14.6 Å². The molecule has 1 heterocycles. The molecule has 3 atom stereocenters. The van der Waals surface area contributed by atoms with E-state index in [1.165, 1.54) is 12.1 Å². The van der Waals surface area contributed by atoms with Crippen LogP contribution >= 0.6 is 0 Å². The summed E-state index contributed by atoms with van der Waals surface area (Å²) in [5.74, 6) is -2.43. The zero-order valence-corrected chi connectivity index (χ0v) is 13.7. The molecule has 0 bridgehead atoms. The van der Waals surface area contributed by atoms with E-state index >= 15 is 0 Å². The first-order valence-corrected chi connectivity index (χ1v) is 8.02. The van der Waals surface area contributed by atoms with Gasteiger partial charge in [0.2, 0.25) is 0 Å². The number of hydrogen-bond donors (Lipinski definition) is 1. The van der Waals surface area contributed by atoms with E-state index in [2.05, 4.69) is 4.74 Å². The second-order valence-electron chi connectivity index (χ2n) is 6.31. The average molecular weight is 402 g/mol. The van der Waals surface area contributed by atoms with Crippen molar-refractivity contribution < 1.29 is 46.1 Å². The summed E-state index contributed by atoms with van der Waals surface area (Å²) >= 11 is 0. The Bertz CT molecular complexity index is 942. The van der Waals surface area contributed by atoms with E-state index in [0.717, 1.165) is 6.07 Å². The molecule has 1 aliphatic heterocycles. The fraction of sp³-hybridized carbons (Fsp3) is 0.278. The first-order valence-electron chi connectivity index (χ1n) is 8.02. The van der Waals surface area contributed by atoms with Crippen LogP contribution in [0.5, 0.6) is 23.0 Å². The van der Waals surface area contributed by atoms with Gasteiger partial charge in [0.1, 0.15) is 23.5 Å². The van der Waals surface area contributed by atoms with Crippen molar-refractivity contribution in [1.29, 1.82) is 0 Å². The first-order chi connectivity index (χ1) is 13.1. The molecule has 2 aliphatic rings. The molecule has 0 saturated heterocycles. The summed E-state index contributed by atoms with van der Waals surface area (Å²) in [6, 6.07) is 6.45. The van der Waals surface area contributed by atoms with Gasteiger partial charge in [0, 0.05) is 17.5 Å². The minimum Gasteiger partial charge on any atom is -0.488 e. The van der Waals surface area contributed by atoms with Crippen LogP contribution in [0, 0.1) is 5.92 Å². The minimum atomic E-state index is -4.73. The fourth-order valence-corrected chi connectivity index (χ4v) is 3.28. The van der Waals surface area contributed by atoms with Gasteiger partial charge in [-0.25, -0.2) is 0 Å². The number of ether oxygens (including phenoxy) is 3. The second-order valence-corrected chi connectivity index (χ2v) is 6.31. The predicted octanol–water partition coefficient (Wildman–Crippen LogP) is 4.66. The van der Waals surface area contributed by atoms with Crippen LogP contribution in [0.3, 0.4) is 0 Å². The monoisotopic (exact) mass is 402 g/mol. The van der Waals surface area contributed by atoms with Crippen molar-refractivity contribution in [2.75, 3.05) is 0 Å². The highest BCUT2D eigenvalue weighted by molar-refractivity contribution is 5.79. The number of benzene rings is 2. The molecule has 1 aliphatic carbocycles. The van der Waals surface area contributed by atoms with E-state index < -0.39 is 42.1 Å². The van der Waals surface area contributed by atoms with Crippen LogP contribution in [0.4, 0.5) is 22.0 Å². The summed E-state index contributed by atoms with van der Waals surface area (Å²) in [6.07, 6.45) is -5.20. The van der Waals surface area contributed by atoms with E-state index in [1.54, 1.807) is 6.07 Å². The number of aliphatic carboxylic acids is 1. The van der Waals surface area contributed by atoms with Crippen LogP contribution in [0.15, 0.2) is 36.4 Å². The largest absolute Gasteiger partial charge is 0.488 e. The number of fused-ring (bicyclic) bond motifs is 3. The van der Waals surface area contributed by atoms with Gasteiger partial charge in [-0.2, -0.15) is 22.0 Å². The van der Waals surface area contributed by atoms with Crippen molar-refractivity contribution in [3.63, 3.8) is 0 Å². The molecule has 2 unspecified atom stereocenters. The molecule has 1 N–H and O–H groups in total. The normalized spacial score (nSPS) is 22.3. The molecule has 28 heavy (non-hydrogen) atoms. The number of halogens is 5. The molecule has 148 valence electrons. The second kappa shape index (κ2) is 6.25. The van der Waals surface area contributed by atoms with Crippen molar-refractivity contribution in [1.82, 2.24) is 0 Å². The quantitative estimate of drug-likeness (QED) is 0.738. The zero-order valence-electron chi connectivity index (χ0n) is 13.7. The lowest BCUT2D eigenvalue weighted by molar-refractivity contribution is -0.139. The number of alkyl halides is 5. The van der Waals surface area contributed by atoms with Crippen LogP contribution in [0.1, 0.15) is 17.0 Å². The summed E-state index contributed by atoms with van der Waals surface area (Å²) in [6.45, 7) is -3.34. The highest BCUT2D eigenvalue weighted by Crippen LogP contribution is 2.59. The van der Waals surface area contributed by atoms with Gasteiger partial charge in [0.05, 0.1) is 5.56 Å². The lowest BCUT2D eigenvalue weighted by Crippen LogP contribution is -2.09. The summed E-state index contributed by atoms with van der Waals surface area (Å²) in [5.41, 5.74) is -0.478. The zero-order chi connectivity index (χ0) is 20.2. The lowest BCUT2D eigenvalue weighted by Gasteiger charge is -2.15. The summed E-state index contributed by atoms with van der Waals surface area (Å²) in [7, 11) is 0. The van der Waals surface area contributed by atoms with Gasteiger partial charge in [-0.15, -0.1) is 0 Å². The molecule has 0 aromatic heterocycles. The van der Waals surface area contributed by atoms with E-state index in [0.29, 0.717) is 23.4 Å². The van der Waals surface area contributed by atoms with Gasteiger partial charge >= 0.3 is 18.8 Å². The summed E-state index contributed by atoms with van der Waals surface area (Å²) in [5, 5.41) is 9.06. The maximum absolute atomic E-state index is 12.8. The summed E-state index contributed by atoms with van der Waals surface area (Å²) in [4.78, 5) is 11.1. The lowest BCUT2D eigenvalue weighted by atomic mass is 10.1. The first kappa shape index (κ1) is 18.3. The maximum Gasteiger partial charge on any atom is 0.416 e. The van der Waals surface area contributed by atoms with E-state index in [-0.39, 0.29) is 17.4 Å². The minimum absolute atomic E-state index is 0.116. The number of carbonyl (C=O) groups is 1. The summed E-state index contributed by atoms with van der Waals surface area (Å²) < 4.78 is 78.6. The fourth-order valence-electron chi connectivity index (χ4n) is 3.28. The standard InChI is InChI=1S/C18H11F5O5/c19-17(20)28-12-5-7(18(21,22)23)1-4-10(12)26-8-2-3-9-11(6-8)27-15-13(9)14(15)16(24)25/h1-6,13-15,17H,(H,24,25)/t13-,14?,15?/m1/s1. The van der Waals surface area contributed by atoms with Gasteiger partial charge in [0.25, 0.3) is 0 Å². The topological polar surface area (TPSA) is 65.0 Å². The molecule has 2 aromatic rings. The molecule has 10 heteroatoms. The molecule has 1 fully saturated rings. The Hall–Kier alpha value is -3.04. The Labute approximate surface area is 154 Å². The van der Waals surface area contributed by atoms with Crippen molar-refractivity contribution >= 4 is 5.97 Å². The van der Waals surface area contributed by atoms with Gasteiger partial charge in [0.15, 0.2) is 11.5 Å². The Balaban J connectivity index is 1.59. The van der Waals surface area contributed by atoms with Gasteiger partial charge in [-0.3, -0.25) is 4.79 Å². The van der Waals surface area contributed by atoms with Gasteiger partial charge < -0.3 is 19.3 Å². The Morgan fingerprint density at radius 1 is 1.11 bits per heavy atom. The molecular weight excluding hydrogens is 391 g/mol. The van der Waals surface area contributed by atoms with Gasteiger partial charge in [-0.1, -0.05) is 6.07 Å². The van der Waals surface area contributed by atoms with Crippen LogP contribution in [-0.4, -0.2) is 23.8 Å². The van der Waals surface area contributed by atoms with E-state index in [9.17, 15) is 26.7 Å². The molecule has 1 saturated carbocycles. The third-order valence-corrected chi connectivity index (χ3v) is 4.56. The van der Waals surface area contributed by atoms with Crippen molar-refractivity contribution in [3.05, 3.63) is 47.5 Å². The van der Waals surface area contributed by atoms with Crippen LogP contribution in [0.25, 0.3) is 0 Å². The van der Waals surface area contributed by atoms with Crippen molar-refractivity contribution in [3.8, 4) is 23.0 Å². The van der Waals surface area contributed by atoms with Crippen molar-refractivity contribution in [2.45, 2.75) is 24.8 Å². The Morgan fingerprint density at radius 2 is 1.86 bits per heavy atom. The molecule has 4 rings (SSSR count). The molecular formula is C18H11F5O5. The highest BCUT2D eigenvalue weighted by atomic mass is 19.4. The number of hydrogen-bond acceptors (Lipinski definition) is 4. The Morgan fingerprint density at radius 3 is 2.50 bits per heavy atom. The van der Waals surface area contributed by atoms with Crippen molar-refractivity contribution in [2.24, 2.45) is 5.92 Å². The molecule has 2 aromatic carbocycles. The molecule has 0 spiro atoms. The predicted molar refractivity (Wildman–Crippen MR) is 82.9 cm³/mol. The molecule has 0 radical (unpaired) electrons. The third-order valence-electron chi connectivity index (χ3n) is 4.56. The SMILES string of the molecule is O=C(O)C1C2Oc3cc(Oc4ccc(C(F)(F)F)cc4OC(F)F)ccc3[C@@H]21. The van der Waals surface area contributed by atoms with E-state index in [1.807, 2.05) is 0 Å². The number of carboxylic acid groups (broad SMARTS) is 1. The highest BCUT2D eigenvalue weighted by Gasteiger charge is 2.63. The number of carboxylic acids is 1. The number of rotatable bonds is 5. The van der Waals surface area contributed by atoms with Crippen LogP contribution in [0.2, 0.25) is 0 Å². The van der Waals surface area contributed by atoms with Crippen LogP contribution < -0.4 is 14.2 Å². The smallest absolute Gasteiger partial charge is 0.416 e. The average Bonchev–Trinajstić information content (AvgIpc) is 3.18. The molecule has 0 amide bonds. The third kappa shape index (κ3) is 3.19. The molecule has 5 nitrogen and oxygen atoms in total. The maximum atomic E-state index is 12.8.